The zero-order valence-electron chi connectivity index (χ0n) is 12.1. The lowest BCUT2D eigenvalue weighted by molar-refractivity contribution is 0.0506. The van der Waals surface area contributed by atoms with Gasteiger partial charge in [0, 0.05) is 12.6 Å². The zero-order chi connectivity index (χ0) is 15.2. The van der Waals surface area contributed by atoms with E-state index in [0.717, 1.165) is 5.56 Å². The van der Waals surface area contributed by atoms with Crippen molar-refractivity contribution in [1.29, 1.82) is 5.26 Å². The molecule has 0 fully saturated rings. The quantitative estimate of drug-likeness (QED) is 0.879. The van der Waals surface area contributed by atoms with Crippen LogP contribution in [0, 0.1) is 11.3 Å². The van der Waals surface area contributed by atoms with Gasteiger partial charge in [-0.3, -0.25) is 0 Å². The number of hydrogen-bond acceptors (Lipinski definition) is 4. The monoisotopic (exact) mass is 275 g/mol. The van der Waals surface area contributed by atoms with E-state index in [9.17, 15) is 4.79 Å². The third-order valence-electron chi connectivity index (χ3n) is 2.57. The first-order valence-corrected chi connectivity index (χ1v) is 6.52. The minimum atomic E-state index is -0.530. The van der Waals surface area contributed by atoms with Gasteiger partial charge in [-0.25, -0.2) is 4.79 Å². The molecule has 108 valence electrons. The van der Waals surface area contributed by atoms with E-state index in [-0.39, 0.29) is 6.04 Å². The van der Waals surface area contributed by atoms with Crippen LogP contribution in [0.25, 0.3) is 0 Å². The Morgan fingerprint density at radius 2 is 2.00 bits per heavy atom. The maximum Gasteiger partial charge on any atom is 0.407 e. The molecule has 1 atom stereocenters. The van der Waals surface area contributed by atoms with Crippen LogP contribution in [0.4, 0.5) is 4.79 Å². The first-order chi connectivity index (χ1) is 9.34. The molecule has 0 saturated carbocycles. The number of carbonyl (C=O) groups excluding carboxylic acids is 1. The highest BCUT2D eigenvalue weighted by Gasteiger charge is 2.19. The summed E-state index contributed by atoms with van der Waals surface area (Å²) in [6.07, 6.45) is 0.128. The van der Waals surface area contributed by atoms with Gasteiger partial charge < -0.3 is 15.8 Å². The number of carbonyl (C=O) groups is 1. The second kappa shape index (κ2) is 6.92. The third-order valence-corrected chi connectivity index (χ3v) is 2.57. The molecule has 0 radical (unpaired) electrons. The van der Waals surface area contributed by atoms with Crippen LogP contribution in [0.1, 0.15) is 31.9 Å². The molecule has 5 heteroatoms. The second-order valence-electron chi connectivity index (χ2n) is 5.59. The molecule has 5 nitrogen and oxygen atoms in total. The predicted molar refractivity (Wildman–Crippen MR) is 77.1 cm³/mol. The van der Waals surface area contributed by atoms with Gasteiger partial charge in [-0.1, -0.05) is 12.1 Å². The second-order valence-corrected chi connectivity index (χ2v) is 5.59. The normalized spacial score (nSPS) is 12.3. The summed E-state index contributed by atoms with van der Waals surface area (Å²) in [7, 11) is 0. The Morgan fingerprint density at radius 3 is 2.45 bits per heavy atom. The number of alkyl carbamates (subject to hydrolysis) is 1. The first kappa shape index (κ1) is 16.0. The largest absolute Gasteiger partial charge is 0.444 e. The average molecular weight is 275 g/mol. The Balaban J connectivity index is 2.58. The topological polar surface area (TPSA) is 88.1 Å². The molecule has 20 heavy (non-hydrogen) atoms. The van der Waals surface area contributed by atoms with Gasteiger partial charge in [0.1, 0.15) is 5.60 Å². The highest BCUT2D eigenvalue weighted by Crippen LogP contribution is 2.09. The standard InChI is InChI=1S/C15H21N3O2/c1-15(2,3)20-14(19)18-13(10-17)8-11-4-6-12(9-16)7-5-11/h4-7,13H,8,10,17H2,1-3H3,(H,18,19)/t13-/m1/s1. The predicted octanol–water partition coefficient (Wildman–Crippen LogP) is 1.95. The molecule has 0 heterocycles. The number of nitrogens with zero attached hydrogens (tertiary/aromatic N) is 1. The molecule has 0 saturated heterocycles. The van der Waals surface area contributed by atoms with Crippen molar-refractivity contribution in [3.8, 4) is 6.07 Å². The smallest absolute Gasteiger partial charge is 0.407 e. The zero-order valence-corrected chi connectivity index (χ0v) is 12.1. The van der Waals surface area contributed by atoms with Gasteiger partial charge in [-0.2, -0.15) is 5.26 Å². The van der Waals surface area contributed by atoms with E-state index in [4.69, 9.17) is 15.7 Å². The van der Waals surface area contributed by atoms with E-state index in [0.29, 0.717) is 18.5 Å². The molecular weight excluding hydrogens is 254 g/mol. The van der Waals surface area contributed by atoms with Crippen LogP contribution in [-0.4, -0.2) is 24.3 Å². The molecule has 3 N–H and O–H groups in total. The molecule has 0 aliphatic heterocycles. The number of ether oxygens (including phenoxy) is 1. The van der Waals surface area contributed by atoms with E-state index in [1.54, 1.807) is 12.1 Å². The highest BCUT2D eigenvalue weighted by molar-refractivity contribution is 5.68. The van der Waals surface area contributed by atoms with Crippen LogP contribution in [0.3, 0.4) is 0 Å². The fraction of sp³-hybridized carbons (Fsp3) is 0.467. The Morgan fingerprint density at radius 1 is 1.40 bits per heavy atom. The van der Waals surface area contributed by atoms with E-state index in [1.807, 2.05) is 32.9 Å². The number of benzene rings is 1. The molecule has 0 aliphatic carbocycles. The Hall–Kier alpha value is -2.06. The van der Waals surface area contributed by atoms with Crippen molar-refractivity contribution in [2.75, 3.05) is 6.54 Å². The van der Waals surface area contributed by atoms with Crippen molar-refractivity contribution in [2.24, 2.45) is 5.73 Å². The molecular formula is C15H21N3O2. The summed E-state index contributed by atoms with van der Waals surface area (Å²) in [5.41, 5.74) is 6.76. The summed E-state index contributed by atoms with van der Waals surface area (Å²) >= 11 is 0. The van der Waals surface area contributed by atoms with E-state index >= 15 is 0 Å². The Labute approximate surface area is 119 Å². The molecule has 0 unspecified atom stereocenters. The molecule has 0 bridgehead atoms. The van der Waals surface area contributed by atoms with Crippen molar-refractivity contribution in [1.82, 2.24) is 5.32 Å². The van der Waals surface area contributed by atoms with Crippen molar-refractivity contribution < 1.29 is 9.53 Å². The number of nitrogens with two attached hydrogens (primary N) is 1. The van der Waals surface area contributed by atoms with E-state index in [1.165, 1.54) is 0 Å². The molecule has 1 aromatic carbocycles. The van der Waals surface area contributed by atoms with Gasteiger partial charge >= 0.3 is 6.09 Å². The minimum Gasteiger partial charge on any atom is -0.444 e. The fourth-order valence-electron chi connectivity index (χ4n) is 1.67. The lowest BCUT2D eigenvalue weighted by Crippen LogP contribution is -2.44. The average Bonchev–Trinajstić information content (AvgIpc) is 2.36. The van der Waals surface area contributed by atoms with Crippen LogP contribution in [0.15, 0.2) is 24.3 Å². The maximum atomic E-state index is 11.7. The number of hydrogen-bond donors (Lipinski definition) is 2. The summed E-state index contributed by atoms with van der Waals surface area (Å²) in [6.45, 7) is 5.75. The Kier molecular flexibility index (Phi) is 5.53. The Bertz CT molecular complexity index is 483. The lowest BCUT2D eigenvalue weighted by Gasteiger charge is -2.23. The van der Waals surface area contributed by atoms with Gasteiger partial charge in [0.25, 0.3) is 0 Å². The molecule has 0 aliphatic rings. The van der Waals surface area contributed by atoms with E-state index < -0.39 is 11.7 Å². The van der Waals surface area contributed by atoms with Crippen LogP contribution in [0.5, 0.6) is 0 Å². The van der Waals surface area contributed by atoms with Gasteiger partial charge in [0.15, 0.2) is 0 Å². The SMILES string of the molecule is CC(C)(C)OC(=O)N[C@@H](CN)Cc1ccc(C#N)cc1. The van der Waals surface area contributed by atoms with Gasteiger partial charge in [-0.05, 0) is 44.9 Å². The number of nitrogens with one attached hydrogen (secondary N) is 1. The molecule has 1 amide bonds. The van der Waals surface area contributed by atoms with Crippen LogP contribution in [0.2, 0.25) is 0 Å². The molecule has 0 aromatic heterocycles. The molecule has 0 spiro atoms. The summed E-state index contributed by atoms with van der Waals surface area (Å²) in [5.74, 6) is 0. The van der Waals surface area contributed by atoms with Crippen molar-refractivity contribution in [3.63, 3.8) is 0 Å². The van der Waals surface area contributed by atoms with Crippen LogP contribution in [-0.2, 0) is 11.2 Å². The number of nitriles is 1. The van der Waals surface area contributed by atoms with Crippen molar-refractivity contribution in [2.45, 2.75) is 38.8 Å². The molecule has 1 aromatic rings. The molecule has 1 rings (SSSR count). The van der Waals surface area contributed by atoms with Crippen molar-refractivity contribution in [3.05, 3.63) is 35.4 Å². The first-order valence-electron chi connectivity index (χ1n) is 6.52. The number of amides is 1. The summed E-state index contributed by atoms with van der Waals surface area (Å²) in [6, 6.07) is 9.08. The van der Waals surface area contributed by atoms with Crippen LogP contribution < -0.4 is 11.1 Å². The fourth-order valence-corrected chi connectivity index (χ4v) is 1.67. The lowest BCUT2D eigenvalue weighted by atomic mass is 10.0. The minimum absolute atomic E-state index is 0.196. The summed E-state index contributed by atoms with van der Waals surface area (Å²) in [5, 5.41) is 11.5. The van der Waals surface area contributed by atoms with Gasteiger partial charge in [0.2, 0.25) is 0 Å². The highest BCUT2D eigenvalue weighted by atomic mass is 16.6. The van der Waals surface area contributed by atoms with E-state index in [2.05, 4.69) is 11.4 Å². The van der Waals surface area contributed by atoms with Crippen LogP contribution >= 0.6 is 0 Å². The summed E-state index contributed by atoms with van der Waals surface area (Å²) in [4.78, 5) is 11.7. The summed E-state index contributed by atoms with van der Waals surface area (Å²) < 4.78 is 5.20. The van der Waals surface area contributed by atoms with Crippen molar-refractivity contribution >= 4 is 6.09 Å². The number of rotatable bonds is 4. The van der Waals surface area contributed by atoms with Gasteiger partial charge in [-0.15, -0.1) is 0 Å². The van der Waals surface area contributed by atoms with Gasteiger partial charge in [0.05, 0.1) is 11.6 Å². The maximum absolute atomic E-state index is 11.7. The third kappa shape index (κ3) is 5.72.